The third-order valence-corrected chi connectivity index (χ3v) is 0. The molecule has 19 heavy (non-hydrogen) atoms. The van der Waals surface area contributed by atoms with Crippen molar-refractivity contribution in [3.63, 3.8) is 0 Å². The Balaban J connectivity index is -0.00000000508. The van der Waals surface area contributed by atoms with Crippen molar-refractivity contribution in [2.75, 3.05) is 0 Å². The van der Waals surface area contributed by atoms with Gasteiger partial charge >= 0.3 is 98.8 Å². The Morgan fingerprint density at radius 2 is 0.421 bits per heavy atom. The van der Waals surface area contributed by atoms with Crippen LogP contribution in [0.4, 0.5) is 0 Å². The molecule has 0 aromatic heterocycles. The molecule has 0 bridgehead atoms. The van der Waals surface area contributed by atoms with Gasteiger partial charge in [-0.15, -0.1) is 0 Å². The molecule has 0 heterocycles. The number of hydrogen-bond acceptors (Lipinski definition) is 8. The van der Waals surface area contributed by atoms with E-state index in [1.165, 1.54) is 0 Å². The second kappa shape index (κ2) is 36.5. The van der Waals surface area contributed by atoms with Crippen molar-refractivity contribution in [1.82, 2.24) is 0 Å². The maximum absolute atomic E-state index is 8.59. The van der Waals surface area contributed by atoms with Gasteiger partial charge in [0.25, 0.3) is 0 Å². The zero-order chi connectivity index (χ0) is 9.00. The van der Waals surface area contributed by atoms with Crippen LogP contribution in [0.5, 0.6) is 0 Å². The molecule has 0 aromatic carbocycles. The topological polar surface area (TPSA) is 413 Å². The molecule has 0 atom stereocenters. The van der Waals surface area contributed by atoms with E-state index >= 15 is 0 Å². The molecule has 19 heteroatoms. The summed E-state index contributed by atoms with van der Waals surface area (Å²) in [5, 5.41) is 0. The summed E-state index contributed by atoms with van der Waals surface area (Å²) in [6, 6.07) is 0. The minimum Gasteiger partial charge on any atom is 4.00 e. The van der Waals surface area contributed by atoms with E-state index in [0.29, 0.717) is 0 Å². The zero-order valence-corrected chi connectivity index (χ0v) is 16.1. The quantitative estimate of drug-likeness (QED) is 0.224. The molecule has 0 rings (SSSR count). The molecule has 0 fully saturated rings. The van der Waals surface area contributed by atoms with Crippen LogP contribution in [0.25, 0.3) is 0 Å². The summed E-state index contributed by atoms with van der Waals surface area (Å²) in [6.07, 6.45) is 0. The summed E-state index contributed by atoms with van der Waals surface area (Å²) in [5.74, 6) is 0. The molecule has 16 N–H and O–H groups in total. The van der Waals surface area contributed by atoms with E-state index in [9.17, 15) is 0 Å². The van der Waals surface area contributed by atoms with Gasteiger partial charge in [0.1, 0.15) is 0 Å². The van der Waals surface area contributed by atoms with E-state index in [2.05, 4.69) is 0 Å². The summed E-state index contributed by atoms with van der Waals surface area (Å²) >= 11 is -11.5. The number of hydrogen-bond donors (Lipinski definition) is 0. The van der Waals surface area contributed by atoms with Crippen molar-refractivity contribution in [2.24, 2.45) is 0 Å². The van der Waals surface area contributed by atoms with Crippen LogP contribution < -0.4 is 16.8 Å². The first-order valence-electron chi connectivity index (χ1n) is 1.33. The van der Waals surface area contributed by atoms with Gasteiger partial charge in [0.05, 0.1) is 0 Å². The molecule has 16 nitrogen and oxygen atoms in total. The van der Waals surface area contributed by atoms with Crippen molar-refractivity contribution in [3.05, 3.63) is 0 Å². The van der Waals surface area contributed by atoms with Crippen LogP contribution in [0.1, 0.15) is 0 Å². The molecule has 0 radical (unpaired) electrons. The first kappa shape index (κ1) is 88.6. The fourth-order valence-corrected chi connectivity index (χ4v) is 0. The molecular weight excluding hydrogens is 646 g/mol. The van der Waals surface area contributed by atoms with Gasteiger partial charge in [-0.3, -0.25) is 0 Å². The SMILES string of the molecule is O.O.O.O.O.O.O.O.O=[Se](=O)([O-])[O-].O=[Se](=O)([O-])[O-].[Th+4]. The van der Waals surface area contributed by atoms with Crippen LogP contribution in [0.3, 0.4) is 0 Å². The number of rotatable bonds is 0. The Morgan fingerprint density at radius 1 is 0.421 bits per heavy atom. The summed E-state index contributed by atoms with van der Waals surface area (Å²) in [6.45, 7) is 0. The van der Waals surface area contributed by atoms with Crippen molar-refractivity contribution in [3.8, 4) is 0 Å². The minimum atomic E-state index is -5.75. The van der Waals surface area contributed by atoms with E-state index in [4.69, 9.17) is 32.1 Å². The van der Waals surface area contributed by atoms with Gasteiger partial charge in [-0.2, -0.15) is 0 Å². The largest absolute Gasteiger partial charge is 4.00 e. The fourth-order valence-electron chi connectivity index (χ4n) is 0. The predicted octanol–water partition coefficient (Wildman–Crippen LogP) is -12.6. The van der Waals surface area contributed by atoms with Gasteiger partial charge in [-0.05, 0) is 0 Å². The van der Waals surface area contributed by atoms with Gasteiger partial charge in [0, 0.05) is 0 Å². The average molecular weight is 662 g/mol. The molecule has 0 unspecified atom stereocenters. The summed E-state index contributed by atoms with van der Waals surface area (Å²) in [4.78, 5) is 0. The second-order valence-electron chi connectivity index (χ2n) is 0.816. The first-order chi connectivity index (χ1) is 4.00. The van der Waals surface area contributed by atoms with Crippen LogP contribution in [0.15, 0.2) is 0 Å². The van der Waals surface area contributed by atoms with Crippen molar-refractivity contribution in [2.45, 2.75) is 0 Å². The smallest absolute Gasteiger partial charge is 4.00 e. The van der Waals surface area contributed by atoms with Gasteiger partial charge in [0.15, 0.2) is 0 Å². The maximum atomic E-state index is 8.59. The molecule has 0 aromatic rings. The molecule has 0 aliphatic carbocycles. The van der Waals surface area contributed by atoms with Crippen LogP contribution in [0.2, 0.25) is 0 Å². The van der Waals surface area contributed by atoms with E-state index in [1.54, 1.807) is 0 Å². The zero-order valence-electron chi connectivity index (χ0n) is 8.58. The van der Waals surface area contributed by atoms with E-state index in [1.807, 2.05) is 0 Å². The van der Waals surface area contributed by atoms with Gasteiger partial charge in [0.2, 0.25) is 0 Å². The Labute approximate surface area is 141 Å². The Bertz CT molecular complexity index is 211. The molecule has 0 spiro atoms. The second-order valence-corrected chi connectivity index (χ2v) is 4.24. The minimum absolute atomic E-state index is 0. The van der Waals surface area contributed by atoms with E-state index < -0.39 is 26.7 Å². The average Bonchev–Trinajstić information content (AvgIpc) is 1.12. The first-order valence-corrected chi connectivity index (χ1v) is 6.93. The van der Waals surface area contributed by atoms with Gasteiger partial charge < -0.3 is 43.8 Å². The van der Waals surface area contributed by atoms with Crippen LogP contribution in [0, 0.1) is 39.9 Å². The molecule has 0 saturated carbocycles. The van der Waals surface area contributed by atoms with Crippen molar-refractivity contribution >= 4 is 26.7 Å². The molecule has 0 aliphatic heterocycles. The van der Waals surface area contributed by atoms with Crippen LogP contribution in [-0.2, 0) is 15.3 Å². The molecule has 0 aliphatic rings. The standard InChI is InChI=1S/2H2O4Se.8H2O.Th/c2*1-5(2,3)4;;;;;;;;;/h2*(H2,1,2,3,4);8*1H2;/q;;;;;;;;;;+4/p-4. The third kappa shape index (κ3) is 4740. The van der Waals surface area contributed by atoms with Gasteiger partial charge in [-0.25, -0.2) is 0 Å². The molecule has 0 saturated heterocycles. The van der Waals surface area contributed by atoms with Gasteiger partial charge in [-0.1, -0.05) is 0 Å². The summed E-state index contributed by atoms with van der Waals surface area (Å²) < 4.78 is 68.8. The Hall–Kier alpha value is 1.08. The van der Waals surface area contributed by atoms with E-state index in [-0.39, 0.29) is 83.7 Å². The molecule has 128 valence electrons. The monoisotopic (exact) mass is 664 g/mol. The third-order valence-electron chi connectivity index (χ3n) is 0. The maximum Gasteiger partial charge on any atom is 4.00 e. The Kier molecular flexibility index (Phi) is 170. The summed E-state index contributed by atoms with van der Waals surface area (Å²) in [5.41, 5.74) is 0. The normalized spacial score (nSPS) is 6.11. The van der Waals surface area contributed by atoms with Crippen LogP contribution in [-0.4, -0.2) is 70.5 Å². The van der Waals surface area contributed by atoms with Crippen molar-refractivity contribution in [1.29, 1.82) is 0 Å². The van der Waals surface area contributed by atoms with Crippen molar-refractivity contribution < 1.29 is 116 Å². The molecular formula is H16O16Se2Th. The molecule has 0 amide bonds. The van der Waals surface area contributed by atoms with Crippen LogP contribution >= 0.6 is 0 Å². The fraction of sp³-hybridized carbons (Fsp3) is 0. The summed E-state index contributed by atoms with van der Waals surface area (Å²) in [7, 11) is 0. The van der Waals surface area contributed by atoms with E-state index in [0.717, 1.165) is 0 Å². The Morgan fingerprint density at radius 3 is 0.421 bits per heavy atom. The predicted molar refractivity (Wildman–Crippen MR) is 43.2 cm³/mol.